The number of hydrogen-bond acceptors (Lipinski definition) is 4. The fourth-order valence-corrected chi connectivity index (χ4v) is 1.07. The van der Waals surface area contributed by atoms with Gasteiger partial charge in [-0.15, -0.1) is 0 Å². The van der Waals surface area contributed by atoms with E-state index in [9.17, 15) is 0 Å². The first-order chi connectivity index (χ1) is 5.04. The molecule has 0 aromatic carbocycles. The first-order valence-corrected chi connectivity index (χ1v) is 3.67. The molecular weight excluding hydrogens is 144 g/mol. The summed E-state index contributed by atoms with van der Waals surface area (Å²) in [7, 11) is 1.55. The molecule has 0 rings (SSSR count). The zero-order chi connectivity index (χ0) is 8.91. The summed E-state index contributed by atoms with van der Waals surface area (Å²) < 4.78 is 0. The van der Waals surface area contributed by atoms with Crippen molar-refractivity contribution < 1.29 is 10.1 Å². The van der Waals surface area contributed by atoms with Gasteiger partial charge in [0, 0.05) is 13.5 Å². The van der Waals surface area contributed by atoms with Gasteiger partial charge in [0.15, 0.2) is 0 Å². The standard InChI is InChI=1S/C7H16N2O2/c1-6(2)5-7(3,11-10)9-8-4/h6,10H,5H2,1-4H3. The molecule has 0 spiro atoms. The summed E-state index contributed by atoms with van der Waals surface area (Å²) in [6, 6.07) is 0. The van der Waals surface area contributed by atoms with Crippen molar-refractivity contribution in [2.45, 2.75) is 32.9 Å². The Morgan fingerprint density at radius 3 is 2.36 bits per heavy atom. The minimum atomic E-state index is -0.872. The van der Waals surface area contributed by atoms with E-state index in [1.54, 1.807) is 14.0 Å². The van der Waals surface area contributed by atoms with E-state index in [1.807, 2.05) is 13.8 Å². The van der Waals surface area contributed by atoms with Crippen LogP contribution in [0.15, 0.2) is 10.2 Å². The van der Waals surface area contributed by atoms with Crippen molar-refractivity contribution in [1.29, 1.82) is 0 Å². The second kappa shape index (κ2) is 4.41. The molecule has 1 atom stereocenters. The fraction of sp³-hybridized carbons (Fsp3) is 1.00. The lowest BCUT2D eigenvalue weighted by molar-refractivity contribution is -0.321. The van der Waals surface area contributed by atoms with E-state index in [2.05, 4.69) is 15.1 Å². The predicted octanol–water partition coefficient (Wildman–Crippen LogP) is 2.32. The number of nitrogens with zero attached hydrogens (tertiary/aromatic N) is 2. The summed E-state index contributed by atoms with van der Waals surface area (Å²) in [6.45, 7) is 5.75. The van der Waals surface area contributed by atoms with Crippen LogP contribution in [0.3, 0.4) is 0 Å². The molecule has 0 aromatic heterocycles. The lowest BCUT2D eigenvalue weighted by Crippen LogP contribution is -2.26. The van der Waals surface area contributed by atoms with E-state index in [4.69, 9.17) is 5.26 Å². The van der Waals surface area contributed by atoms with Crippen LogP contribution in [0.4, 0.5) is 0 Å². The Hall–Kier alpha value is -0.480. The topological polar surface area (TPSA) is 54.2 Å². The van der Waals surface area contributed by atoms with Crippen LogP contribution in [-0.2, 0) is 4.89 Å². The Morgan fingerprint density at radius 2 is 2.09 bits per heavy atom. The second-order valence-corrected chi connectivity index (χ2v) is 3.16. The molecule has 0 radical (unpaired) electrons. The molecule has 0 aliphatic heterocycles. The van der Waals surface area contributed by atoms with E-state index in [-0.39, 0.29) is 0 Å². The molecule has 0 bridgehead atoms. The lowest BCUT2D eigenvalue weighted by Gasteiger charge is -2.21. The number of hydrogen-bond donors (Lipinski definition) is 1. The second-order valence-electron chi connectivity index (χ2n) is 3.16. The third-order valence-corrected chi connectivity index (χ3v) is 1.30. The van der Waals surface area contributed by atoms with Crippen molar-refractivity contribution in [2.24, 2.45) is 16.1 Å². The quantitative estimate of drug-likeness (QED) is 0.390. The van der Waals surface area contributed by atoms with Gasteiger partial charge in [0.05, 0.1) is 0 Å². The zero-order valence-corrected chi connectivity index (χ0v) is 7.53. The van der Waals surface area contributed by atoms with Crippen LogP contribution in [-0.4, -0.2) is 18.0 Å². The van der Waals surface area contributed by atoms with Gasteiger partial charge in [-0.25, -0.2) is 10.1 Å². The van der Waals surface area contributed by atoms with Crippen molar-refractivity contribution in [2.75, 3.05) is 7.05 Å². The van der Waals surface area contributed by atoms with E-state index >= 15 is 0 Å². The summed E-state index contributed by atoms with van der Waals surface area (Å²) in [4.78, 5) is 4.23. The SMILES string of the molecule is CN=NC(C)(CC(C)C)OO. The van der Waals surface area contributed by atoms with Crippen LogP contribution in [0.1, 0.15) is 27.2 Å². The molecule has 0 heterocycles. The first kappa shape index (κ1) is 10.5. The Morgan fingerprint density at radius 1 is 1.55 bits per heavy atom. The third kappa shape index (κ3) is 4.06. The summed E-state index contributed by atoms with van der Waals surface area (Å²) in [6.07, 6.45) is 0.654. The van der Waals surface area contributed by atoms with Gasteiger partial charge in [-0.05, 0) is 12.8 Å². The molecule has 0 amide bonds. The largest absolute Gasteiger partial charge is 0.249 e. The Balaban J connectivity index is 4.10. The van der Waals surface area contributed by atoms with Gasteiger partial charge in [0.2, 0.25) is 5.72 Å². The van der Waals surface area contributed by atoms with Crippen LogP contribution in [0.25, 0.3) is 0 Å². The summed E-state index contributed by atoms with van der Waals surface area (Å²) >= 11 is 0. The van der Waals surface area contributed by atoms with Crippen LogP contribution >= 0.6 is 0 Å². The minimum Gasteiger partial charge on any atom is -0.249 e. The fourth-order valence-electron chi connectivity index (χ4n) is 1.07. The molecular formula is C7H16N2O2. The highest BCUT2D eigenvalue weighted by atomic mass is 17.1. The molecule has 0 aromatic rings. The Kier molecular flexibility index (Phi) is 4.22. The van der Waals surface area contributed by atoms with Gasteiger partial charge in [-0.3, -0.25) is 0 Å². The van der Waals surface area contributed by atoms with Gasteiger partial charge in [0.1, 0.15) is 0 Å². The first-order valence-electron chi connectivity index (χ1n) is 3.67. The molecule has 4 nitrogen and oxygen atoms in total. The van der Waals surface area contributed by atoms with E-state index < -0.39 is 5.72 Å². The highest BCUT2D eigenvalue weighted by Gasteiger charge is 2.25. The van der Waals surface area contributed by atoms with Gasteiger partial charge in [-0.2, -0.15) is 10.2 Å². The predicted molar refractivity (Wildman–Crippen MR) is 42.4 cm³/mol. The maximum atomic E-state index is 8.51. The molecule has 0 saturated carbocycles. The molecule has 11 heavy (non-hydrogen) atoms. The molecule has 0 aliphatic rings. The van der Waals surface area contributed by atoms with Crippen molar-refractivity contribution in [3.05, 3.63) is 0 Å². The summed E-state index contributed by atoms with van der Waals surface area (Å²) in [5.74, 6) is 0.414. The molecule has 0 aliphatic carbocycles. The third-order valence-electron chi connectivity index (χ3n) is 1.30. The van der Waals surface area contributed by atoms with Gasteiger partial charge in [-0.1, -0.05) is 13.8 Å². The zero-order valence-electron chi connectivity index (χ0n) is 7.53. The van der Waals surface area contributed by atoms with Crippen LogP contribution < -0.4 is 0 Å². The summed E-state index contributed by atoms with van der Waals surface area (Å²) in [5.41, 5.74) is -0.872. The number of rotatable bonds is 4. The Bertz CT molecular complexity index is 136. The smallest absolute Gasteiger partial charge is 0.209 e. The Labute approximate surface area is 67.2 Å². The maximum absolute atomic E-state index is 8.51. The molecule has 1 N–H and O–H groups in total. The molecule has 0 fully saturated rings. The van der Waals surface area contributed by atoms with Crippen LogP contribution in [0, 0.1) is 5.92 Å². The summed E-state index contributed by atoms with van der Waals surface area (Å²) in [5, 5.41) is 15.9. The van der Waals surface area contributed by atoms with Crippen molar-refractivity contribution in [3.8, 4) is 0 Å². The number of azo groups is 1. The highest BCUT2D eigenvalue weighted by molar-refractivity contribution is 4.69. The average molecular weight is 160 g/mol. The minimum absolute atomic E-state index is 0.414. The monoisotopic (exact) mass is 160 g/mol. The van der Waals surface area contributed by atoms with E-state index in [1.165, 1.54) is 0 Å². The maximum Gasteiger partial charge on any atom is 0.209 e. The molecule has 1 unspecified atom stereocenters. The molecule has 66 valence electrons. The normalized spacial score (nSPS) is 17.6. The molecule has 4 heteroatoms. The lowest BCUT2D eigenvalue weighted by atomic mass is 10.0. The van der Waals surface area contributed by atoms with E-state index in [0.29, 0.717) is 12.3 Å². The van der Waals surface area contributed by atoms with Gasteiger partial charge in [0.25, 0.3) is 0 Å². The van der Waals surface area contributed by atoms with Crippen LogP contribution in [0.2, 0.25) is 0 Å². The van der Waals surface area contributed by atoms with Crippen molar-refractivity contribution in [3.63, 3.8) is 0 Å². The van der Waals surface area contributed by atoms with E-state index in [0.717, 1.165) is 0 Å². The van der Waals surface area contributed by atoms with Crippen molar-refractivity contribution in [1.82, 2.24) is 0 Å². The van der Waals surface area contributed by atoms with Crippen LogP contribution in [0.5, 0.6) is 0 Å². The average Bonchev–Trinajstić information content (AvgIpc) is 1.87. The van der Waals surface area contributed by atoms with Gasteiger partial charge < -0.3 is 0 Å². The van der Waals surface area contributed by atoms with Gasteiger partial charge >= 0.3 is 0 Å². The highest BCUT2D eigenvalue weighted by Crippen LogP contribution is 2.21. The van der Waals surface area contributed by atoms with Crippen molar-refractivity contribution >= 4 is 0 Å². The molecule has 0 saturated heterocycles.